The van der Waals surface area contributed by atoms with Crippen LogP contribution in [0.4, 0.5) is 0 Å². The van der Waals surface area contributed by atoms with E-state index in [0.717, 1.165) is 18.4 Å². The molecular weight excluding hydrogens is 304 g/mol. The Morgan fingerprint density at radius 2 is 1.92 bits per heavy atom. The molecule has 0 bridgehead atoms. The van der Waals surface area contributed by atoms with Gasteiger partial charge in [-0.1, -0.05) is 26.2 Å². The predicted molar refractivity (Wildman–Crippen MR) is 95.7 cm³/mol. The average molecular weight is 336 g/mol. The van der Waals surface area contributed by atoms with Crippen molar-refractivity contribution in [2.45, 2.75) is 71.3 Å². The molecule has 2 atom stereocenters. The van der Waals surface area contributed by atoms with Crippen molar-refractivity contribution < 1.29 is 9.59 Å². The van der Waals surface area contributed by atoms with Crippen molar-refractivity contribution >= 4 is 17.8 Å². The smallest absolute Gasteiger partial charge is 0.229 e. The maximum atomic E-state index is 11.8. The number of imide groups is 1. The molecule has 2 fully saturated rings. The molecule has 6 nitrogen and oxygen atoms in total. The van der Waals surface area contributed by atoms with Crippen molar-refractivity contribution in [1.82, 2.24) is 15.5 Å². The molecule has 6 heteroatoms. The van der Waals surface area contributed by atoms with E-state index in [1.807, 2.05) is 6.92 Å². The maximum absolute atomic E-state index is 11.8. The largest absolute Gasteiger partial charge is 0.357 e. The van der Waals surface area contributed by atoms with Gasteiger partial charge in [0.1, 0.15) is 0 Å². The molecule has 24 heavy (non-hydrogen) atoms. The van der Waals surface area contributed by atoms with Crippen LogP contribution in [-0.4, -0.2) is 48.3 Å². The molecule has 0 spiro atoms. The number of amides is 2. The maximum Gasteiger partial charge on any atom is 0.229 e. The number of hydrogen-bond donors (Lipinski definition) is 2. The zero-order valence-corrected chi connectivity index (χ0v) is 15.1. The summed E-state index contributed by atoms with van der Waals surface area (Å²) in [4.78, 5) is 29.6. The second kappa shape index (κ2) is 9.64. The fourth-order valence-electron chi connectivity index (χ4n) is 3.62. The van der Waals surface area contributed by atoms with E-state index in [4.69, 9.17) is 0 Å². The number of piperidine rings is 1. The molecule has 1 saturated heterocycles. The number of nitrogens with zero attached hydrogens (tertiary/aromatic N) is 2. The van der Waals surface area contributed by atoms with Gasteiger partial charge >= 0.3 is 0 Å². The Morgan fingerprint density at radius 3 is 2.58 bits per heavy atom. The molecule has 1 aliphatic heterocycles. The summed E-state index contributed by atoms with van der Waals surface area (Å²) in [5.41, 5.74) is 0. The molecular formula is C18H32N4O2. The van der Waals surface area contributed by atoms with Gasteiger partial charge in [-0.2, -0.15) is 0 Å². The van der Waals surface area contributed by atoms with E-state index in [0.29, 0.717) is 38.4 Å². The number of aliphatic imine (C=N–C) groups is 1. The van der Waals surface area contributed by atoms with Gasteiger partial charge in [0, 0.05) is 32.0 Å². The Kier molecular flexibility index (Phi) is 7.53. The molecule has 1 heterocycles. The summed E-state index contributed by atoms with van der Waals surface area (Å²) < 4.78 is 0. The third-order valence-corrected chi connectivity index (χ3v) is 5.02. The van der Waals surface area contributed by atoms with Gasteiger partial charge in [0.05, 0.1) is 6.54 Å². The fourth-order valence-corrected chi connectivity index (χ4v) is 3.62. The second-order valence-electron chi connectivity index (χ2n) is 6.84. The van der Waals surface area contributed by atoms with E-state index in [-0.39, 0.29) is 11.8 Å². The zero-order valence-electron chi connectivity index (χ0n) is 15.1. The van der Waals surface area contributed by atoms with E-state index in [9.17, 15) is 9.59 Å². The lowest BCUT2D eigenvalue weighted by Gasteiger charge is -2.30. The number of carbonyl (C=O) groups is 2. The molecule has 0 aromatic heterocycles. The summed E-state index contributed by atoms with van der Waals surface area (Å²) >= 11 is 0. The molecule has 1 saturated carbocycles. The first kappa shape index (κ1) is 18.7. The molecule has 1 aliphatic carbocycles. The zero-order chi connectivity index (χ0) is 17.4. The van der Waals surface area contributed by atoms with Crippen molar-refractivity contribution in [3.63, 3.8) is 0 Å². The standard InChI is InChI=1S/C18H32N4O2/c1-3-14-7-5-8-15(13-14)21-18(19-4-2)20-11-12-22-16(23)9-6-10-17(22)24/h14-15H,3-13H2,1-2H3,(H2,19,20,21). The van der Waals surface area contributed by atoms with Crippen LogP contribution in [0.5, 0.6) is 0 Å². The number of hydrogen-bond acceptors (Lipinski definition) is 3. The molecule has 0 radical (unpaired) electrons. The van der Waals surface area contributed by atoms with Crippen LogP contribution in [-0.2, 0) is 9.59 Å². The van der Waals surface area contributed by atoms with Gasteiger partial charge in [0.2, 0.25) is 11.8 Å². The number of likely N-dealkylation sites (tertiary alicyclic amines) is 1. The summed E-state index contributed by atoms with van der Waals surface area (Å²) in [7, 11) is 0. The van der Waals surface area contributed by atoms with Crippen LogP contribution in [0.1, 0.15) is 65.2 Å². The van der Waals surface area contributed by atoms with Gasteiger partial charge in [0.15, 0.2) is 5.96 Å². The summed E-state index contributed by atoms with van der Waals surface area (Å²) in [6.45, 7) is 5.95. The SMILES string of the molecule is CCNC(=NCCN1C(=O)CCCC1=O)NC1CCCC(CC)C1. The van der Waals surface area contributed by atoms with Crippen molar-refractivity contribution in [3.05, 3.63) is 0 Å². The monoisotopic (exact) mass is 336 g/mol. The van der Waals surface area contributed by atoms with E-state index in [2.05, 4.69) is 22.5 Å². The predicted octanol–water partition coefficient (Wildman–Crippen LogP) is 2.05. The van der Waals surface area contributed by atoms with E-state index >= 15 is 0 Å². The summed E-state index contributed by atoms with van der Waals surface area (Å²) in [6.07, 6.45) is 7.87. The van der Waals surface area contributed by atoms with Crippen LogP contribution in [0.25, 0.3) is 0 Å². The van der Waals surface area contributed by atoms with E-state index in [1.165, 1.54) is 37.0 Å². The molecule has 2 N–H and O–H groups in total. The lowest BCUT2D eigenvalue weighted by molar-refractivity contribution is -0.147. The minimum Gasteiger partial charge on any atom is -0.357 e. The molecule has 136 valence electrons. The fraction of sp³-hybridized carbons (Fsp3) is 0.833. The second-order valence-corrected chi connectivity index (χ2v) is 6.84. The minimum absolute atomic E-state index is 0.0579. The third-order valence-electron chi connectivity index (χ3n) is 5.02. The van der Waals surface area contributed by atoms with Gasteiger partial charge in [-0.15, -0.1) is 0 Å². The first-order valence-corrected chi connectivity index (χ1v) is 9.52. The molecule has 2 amide bonds. The molecule has 0 aromatic carbocycles. The van der Waals surface area contributed by atoms with Gasteiger partial charge in [-0.3, -0.25) is 19.5 Å². The summed E-state index contributed by atoms with van der Waals surface area (Å²) in [5.74, 6) is 1.49. The van der Waals surface area contributed by atoms with Crippen molar-refractivity contribution in [2.75, 3.05) is 19.6 Å². The Balaban J connectivity index is 1.85. The summed E-state index contributed by atoms with van der Waals surface area (Å²) in [5, 5.41) is 6.81. The van der Waals surface area contributed by atoms with Crippen molar-refractivity contribution in [1.29, 1.82) is 0 Å². The first-order chi connectivity index (χ1) is 11.6. The van der Waals surface area contributed by atoms with Gasteiger partial charge in [0.25, 0.3) is 0 Å². The highest BCUT2D eigenvalue weighted by Crippen LogP contribution is 2.26. The highest BCUT2D eigenvalue weighted by molar-refractivity contribution is 5.97. The highest BCUT2D eigenvalue weighted by atomic mass is 16.2. The molecule has 2 rings (SSSR count). The van der Waals surface area contributed by atoms with Crippen LogP contribution in [0.15, 0.2) is 4.99 Å². The quantitative estimate of drug-likeness (QED) is 0.442. The lowest BCUT2D eigenvalue weighted by atomic mass is 9.84. The van der Waals surface area contributed by atoms with Crippen LogP contribution in [0, 0.1) is 5.92 Å². The van der Waals surface area contributed by atoms with Gasteiger partial charge in [-0.05, 0) is 32.1 Å². The third kappa shape index (κ3) is 5.49. The Labute approximate surface area is 145 Å². The van der Waals surface area contributed by atoms with Crippen molar-refractivity contribution in [3.8, 4) is 0 Å². The van der Waals surface area contributed by atoms with Crippen LogP contribution >= 0.6 is 0 Å². The van der Waals surface area contributed by atoms with Crippen LogP contribution in [0.2, 0.25) is 0 Å². The van der Waals surface area contributed by atoms with Crippen molar-refractivity contribution in [2.24, 2.45) is 10.9 Å². The highest BCUT2D eigenvalue weighted by Gasteiger charge is 2.25. The number of carbonyl (C=O) groups excluding carboxylic acids is 2. The molecule has 0 aromatic rings. The number of guanidine groups is 1. The lowest BCUT2D eigenvalue weighted by Crippen LogP contribution is -2.46. The molecule has 2 unspecified atom stereocenters. The Morgan fingerprint density at radius 1 is 1.17 bits per heavy atom. The Bertz CT molecular complexity index is 448. The van der Waals surface area contributed by atoms with Gasteiger partial charge in [-0.25, -0.2) is 0 Å². The summed E-state index contributed by atoms with van der Waals surface area (Å²) in [6, 6.07) is 0.472. The van der Waals surface area contributed by atoms with E-state index < -0.39 is 0 Å². The Hall–Kier alpha value is -1.59. The van der Waals surface area contributed by atoms with Gasteiger partial charge < -0.3 is 10.6 Å². The topological polar surface area (TPSA) is 73.8 Å². The first-order valence-electron chi connectivity index (χ1n) is 9.52. The van der Waals surface area contributed by atoms with Crippen LogP contribution in [0.3, 0.4) is 0 Å². The van der Waals surface area contributed by atoms with Crippen LogP contribution < -0.4 is 10.6 Å². The number of rotatable bonds is 6. The van der Waals surface area contributed by atoms with E-state index in [1.54, 1.807) is 0 Å². The number of nitrogens with one attached hydrogen (secondary N) is 2. The normalized spacial score (nSPS) is 25.8. The average Bonchev–Trinajstić information content (AvgIpc) is 2.58. The minimum atomic E-state index is -0.0579. The molecule has 2 aliphatic rings.